The molecular weight excluding hydrogens is 290 g/mol. The molecular formula is C18H21N3S. The molecule has 0 saturated heterocycles. The van der Waals surface area contributed by atoms with Crippen LogP contribution in [0.1, 0.15) is 19.4 Å². The molecule has 3 nitrogen and oxygen atoms in total. The van der Waals surface area contributed by atoms with Gasteiger partial charge in [-0.2, -0.15) is 12.6 Å². The highest BCUT2D eigenvalue weighted by molar-refractivity contribution is 7.81. The molecule has 2 aromatic carbocycles. The zero-order chi connectivity index (χ0) is 15.6. The topological polar surface area (TPSA) is 27.6 Å². The Hall–Kier alpha value is -1.94. The minimum absolute atomic E-state index is 0.0205. The van der Waals surface area contributed by atoms with E-state index in [9.17, 15) is 0 Å². The molecule has 0 spiro atoms. The summed E-state index contributed by atoms with van der Waals surface area (Å²) >= 11 is 4.84. The van der Waals surface area contributed by atoms with Crippen LogP contribution in [0.2, 0.25) is 0 Å². The highest BCUT2D eigenvalue weighted by atomic mass is 32.1. The summed E-state index contributed by atoms with van der Waals surface area (Å²) in [7, 11) is 0. The van der Waals surface area contributed by atoms with Crippen molar-refractivity contribution in [3.8, 4) is 0 Å². The lowest BCUT2D eigenvalue weighted by molar-refractivity contribution is 0.361. The van der Waals surface area contributed by atoms with Gasteiger partial charge in [0.05, 0.1) is 11.2 Å². The molecule has 1 heterocycles. The molecule has 22 heavy (non-hydrogen) atoms. The number of amidine groups is 1. The van der Waals surface area contributed by atoms with E-state index >= 15 is 0 Å². The van der Waals surface area contributed by atoms with E-state index in [1.54, 1.807) is 0 Å². The Morgan fingerprint density at radius 1 is 1.09 bits per heavy atom. The number of rotatable bonds is 4. The molecule has 2 atom stereocenters. The van der Waals surface area contributed by atoms with E-state index in [1.165, 1.54) is 5.56 Å². The first-order valence-electron chi connectivity index (χ1n) is 7.48. The van der Waals surface area contributed by atoms with Crippen molar-refractivity contribution in [1.82, 2.24) is 5.01 Å². The van der Waals surface area contributed by atoms with Gasteiger partial charge in [-0.05, 0) is 31.5 Å². The number of hydrazine groups is 1. The molecule has 1 N–H and O–H groups in total. The van der Waals surface area contributed by atoms with Gasteiger partial charge < -0.3 is 0 Å². The van der Waals surface area contributed by atoms with Gasteiger partial charge in [0.2, 0.25) is 0 Å². The standard InChI is InChI=1S/C18H21N3S/c1-14-19-18(2,13-15-9-5-3-6-10-15)17(22)21(14)20-16-11-7-4-8-12-16/h3-12,17,20,22H,13H2,1-2H3/t17?,18-/m0/s1. The number of aliphatic imine (C=N–C) groups is 1. The zero-order valence-electron chi connectivity index (χ0n) is 12.9. The molecule has 0 bridgehead atoms. The highest BCUT2D eigenvalue weighted by Crippen LogP contribution is 2.34. The fourth-order valence-electron chi connectivity index (χ4n) is 2.87. The molecule has 0 amide bonds. The first-order chi connectivity index (χ1) is 10.6. The minimum Gasteiger partial charge on any atom is -0.296 e. The van der Waals surface area contributed by atoms with Crippen molar-refractivity contribution in [2.45, 2.75) is 31.2 Å². The van der Waals surface area contributed by atoms with Crippen molar-refractivity contribution < 1.29 is 0 Å². The third kappa shape index (κ3) is 2.97. The largest absolute Gasteiger partial charge is 0.296 e. The Balaban J connectivity index is 1.78. The Morgan fingerprint density at radius 3 is 2.32 bits per heavy atom. The molecule has 1 aliphatic rings. The summed E-state index contributed by atoms with van der Waals surface area (Å²) < 4.78 is 0. The molecule has 4 heteroatoms. The lowest BCUT2D eigenvalue weighted by Gasteiger charge is -2.32. The molecule has 0 fully saturated rings. The first-order valence-corrected chi connectivity index (χ1v) is 7.99. The number of anilines is 1. The van der Waals surface area contributed by atoms with Gasteiger partial charge in [0.15, 0.2) is 0 Å². The molecule has 0 radical (unpaired) electrons. The minimum atomic E-state index is -0.254. The quantitative estimate of drug-likeness (QED) is 0.835. The maximum Gasteiger partial charge on any atom is 0.119 e. The maximum absolute atomic E-state index is 4.88. The molecule has 1 aliphatic heterocycles. The molecule has 0 aliphatic carbocycles. The summed E-state index contributed by atoms with van der Waals surface area (Å²) in [5, 5.41) is 2.02. The van der Waals surface area contributed by atoms with Gasteiger partial charge in [-0.15, -0.1) is 0 Å². The normalized spacial score (nSPS) is 24.2. The predicted molar refractivity (Wildman–Crippen MR) is 96.3 cm³/mol. The fraction of sp³-hybridized carbons (Fsp3) is 0.278. The number of nitrogens with zero attached hydrogens (tertiary/aromatic N) is 2. The van der Waals surface area contributed by atoms with E-state index in [4.69, 9.17) is 17.6 Å². The number of benzene rings is 2. The number of hydrogen-bond acceptors (Lipinski definition) is 4. The molecule has 114 valence electrons. The average Bonchev–Trinajstić information content (AvgIpc) is 2.73. The van der Waals surface area contributed by atoms with E-state index in [0.29, 0.717) is 0 Å². The summed E-state index contributed by atoms with van der Waals surface area (Å²) in [5.74, 6) is 0.960. The Kier molecular flexibility index (Phi) is 4.12. The Labute approximate surface area is 137 Å². The molecule has 3 rings (SSSR count). The van der Waals surface area contributed by atoms with Crippen LogP contribution < -0.4 is 5.43 Å². The third-order valence-electron chi connectivity index (χ3n) is 3.99. The van der Waals surface area contributed by atoms with Gasteiger partial charge >= 0.3 is 0 Å². The van der Waals surface area contributed by atoms with Crippen molar-refractivity contribution in [3.05, 3.63) is 66.2 Å². The summed E-state index contributed by atoms with van der Waals surface area (Å²) in [6.07, 6.45) is 0.867. The number of para-hydroxylation sites is 1. The monoisotopic (exact) mass is 311 g/mol. The van der Waals surface area contributed by atoms with E-state index in [-0.39, 0.29) is 10.9 Å². The summed E-state index contributed by atoms with van der Waals surface area (Å²) in [4.78, 5) is 4.88. The molecule has 2 aromatic rings. The van der Waals surface area contributed by atoms with Crippen molar-refractivity contribution in [2.24, 2.45) is 4.99 Å². The molecule has 0 aromatic heterocycles. The van der Waals surface area contributed by atoms with Crippen LogP contribution in [0.25, 0.3) is 0 Å². The number of nitrogens with one attached hydrogen (secondary N) is 1. The van der Waals surface area contributed by atoms with Gasteiger partial charge in [0.1, 0.15) is 11.2 Å². The molecule has 1 unspecified atom stereocenters. The van der Waals surface area contributed by atoms with Crippen molar-refractivity contribution in [2.75, 3.05) is 5.43 Å². The van der Waals surface area contributed by atoms with Crippen molar-refractivity contribution in [3.63, 3.8) is 0 Å². The Morgan fingerprint density at radius 2 is 1.68 bits per heavy atom. The van der Waals surface area contributed by atoms with Gasteiger partial charge in [-0.3, -0.25) is 15.4 Å². The van der Waals surface area contributed by atoms with Crippen LogP contribution in [0.3, 0.4) is 0 Å². The lowest BCUT2D eigenvalue weighted by atomic mass is 9.94. The van der Waals surface area contributed by atoms with Crippen LogP contribution in [0.5, 0.6) is 0 Å². The van der Waals surface area contributed by atoms with Gasteiger partial charge in [-0.1, -0.05) is 48.5 Å². The van der Waals surface area contributed by atoms with Crippen molar-refractivity contribution in [1.29, 1.82) is 0 Å². The van der Waals surface area contributed by atoms with Gasteiger partial charge in [-0.25, -0.2) is 0 Å². The van der Waals surface area contributed by atoms with Crippen LogP contribution in [0.4, 0.5) is 5.69 Å². The smallest absolute Gasteiger partial charge is 0.119 e. The van der Waals surface area contributed by atoms with Crippen LogP contribution in [-0.2, 0) is 6.42 Å². The second-order valence-electron chi connectivity index (χ2n) is 5.90. The number of hydrogen-bond donors (Lipinski definition) is 2. The number of thiol groups is 1. The van der Waals surface area contributed by atoms with Crippen LogP contribution >= 0.6 is 12.6 Å². The summed E-state index contributed by atoms with van der Waals surface area (Å²) in [6, 6.07) is 20.6. The lowest BCUT2D eigenvalue weighted by Crippen LogP contribution is -2.45. The fourth-order valence-corrected chi connectivity index (χ4v) is 3.24. The van der Waals surface area contributed by atoms with E-state index in [1.807, 2.05) is 48.3 Å². The van der Waals surface area contributed by atoms with Crippen LogP contribution in [0.15, 0.2) is 65.7 Å². The highest BCUT2D eigenvalue weighted by Gasteiger charge is 2.42. The summed E-state index contributed by atoms with van der Waals surface area (Å²) in [5.41, 5.74) is 5.48. The van der Waals surface area contributed by atoms with E-state index < -0.39 is 0 Å². The maximum atomic E-state index is 4.88. The third-order valence-corrected chi connectivity index (χ3v) is 4.78. The molecule has 0 saturated carbocycles. The SMILES string of the molecule is CC1=N[C@@](C)(Cc2ccccc2)C(S)N1Nc1ccccc1. The zero-order valence-corrected chi connectivity index (χ0v) is 13.8. The second kappa shape index (κ2) is 6.05. The first kappa shape index (κ1) is 15.0. The predicted octanol–water partition coefficient (Wildman–Crippen LogP) is 4.00. The van der Waals surface area contributed by atoms with Crippen LogP contribution in [-0.4, -0.2) is 21.8 Å². The van der Waals surface area contributed by atoms with Crippen LogP contribution in [0, 0.1) is 0 Å². The summed E-state index contributed by atoms with van der Waals surface area (Å²) in [6.45, 7) is 4.18. The van der Waals surface area contributed by atoms with E-state index in [2.05, 4.69) is 36.6 Å². The van der Waals surface area contributed by atoms with Crippen molar-refractivity contribution >= 4 is 24.2 Å². The van der Waals surface area contributed by atoms with E-state index in [0.717, 1.165) is 17.9 Å². The second-order valence-corrected chi connectivity index (χ2v) is 6.39. The Bertz CT molecular complexity index is 657. The van der Waals surface area contributed by atoms with Gasteiger partial charge in [0, 0.05) is 6.42 Å². The average molecular weight is 311 g/mol. The van der Waals surface area contributed by atoms with Gasteiger partial charge in [0.25, 0.3) is 0 Å².